The van der Waals surface area contributed by atoms with Crippen molar-refractivity contribution in [2.24, 2.45) is 7.05 Å². The van der Waals surface area contributed by atoms with Crippen LogP contribution in [0, 0.1) is 0 Å². The number of aromatic nitrogens is 3. The zero-order valence-corrected chi connectivity index (χ0v) is 10.3. The molecule has 0 spiro atoms. The van der Waals surface area contributed by atoms with E-state index in [1.54, 1.807) is 4.68 Å². The Morgan fingerprint density at radius 2 is 2.07 bits per heavy atom. The van der Waals surface area contributed by atoms with Gasteiger partial charge in [0.05, 0.1) is 0 Å². The largest absolute Gasteiger partial charge is 0.243 e. The van der Waals surface area contributed by atoms with Gasteiger partial charge in [-0.1, -0.05) is 31.2 Å². The molecule has 78 valence electrons. The Hall–Kier alpha value is -1.16. The molecular weight excluding hydrogens is 254 g/mol. The first-order valence-corrected chi connectivity index (χ1v) is 5.66. The second-order valence-corrected chi connectivity index (χ2v) is 4.05. The summed E-state index contributed by atoms with van der Waals surface area (Å²) in [6, 6.07) is 8.22. The summed E-state index contributed by atoms with van der Waals surface area (Å²) in [6.45, 7) is 2.14. The molecule has 0 saturated heterocycles. The molecule has 0 amide bonds. The zero-order chi connectivity index (χ0) is 10.8. The van der Waals surface area contributed by atoms with E-state index in [0.717, 1.165) is 22.5 Å². The maximum atomic E-state index is 4.36. The first-order valence-electron chi connectivity index (χ1n) is 4.87. The van der Waals surface area contributed by atoms with Crippen molar-refractivity contribution in [3.05, 3.63) is 34.6 Å². The Bertz CT molecular complexity index is 457. The van der Waals surface area contributed by atoms with E-state index >= 15 is 0 Å². The number of rotatable bonds is 2. The normalized spacial score (nSPS) is 10.6. The van der Waals surface area contributed by atoms with Gasteiger partial charge in [-0.3, -0.25) is 0 Å². The van der Waals surface area contributed by atoms with Crippen molar-refractivity contribution >= 4 is 15.9 Å². The van der Waals surface area contributed by atoms with Crippen molar-refractivity contribution < 1.29 is 0 Å². The summed E-state index contributed by atoms with van der Waals surface area (Å²) in [6.07, 6.45) is 0.992. The van der Waals surface area contributed by atoms with E-state index in [4.69, 9.17) is 0 Å². The smallest absolute Gasteiger partial charge is 0.195 e. The summed E-state index contributed by atoms with van der Waals surface area (Å²) >= 11 is 3.35. The second-order valence-electron chi connectivity index (χ2n) is 3.34. The van der Waals surface area contributed by atoms with Gasteiger partial charge in [-0.2, -0.15) is 5.10 Å². The summed E-state index contributed by atoms with van der Waals surface area (Å²) in [4.78, 5) is 4.36. The van der Waals surface area contributed by atoms with Gasteiger partial charge < -0.3 is 0 Å². The zero-order valence-electron chi connectivity index (χ0n) is 8.74. The van der Waals surface area contributed by atoms with Crippen molar-refractivity contribution in [2.75, 3.05) is 0 Å². The lowest BCUT2D eigenvalue weighted by Crippen LogP contribution is -1.92. The van der Waals surface area contributed by atoms with E-state index in [1.807, 2.05) is 19.2 Å². The Morgan fingerprint density at radius 3 is 2.67 bits per heavy atom. The first kappa shape index (κ1) is 10.4. The molecule has 3 nitrogen and oxygen atoms in total. The molecule has 1 aromatic heterocycles. The van der Waals surface area contributed by atoms with E-state index in [-0.39, 0.29) is 0 Å². The Labute approximate surface area is 97.3 Å². The van der Waals surface area contributed by atoms with Crippen LogP contribution in [0.25, 0.3) is 11.4 Å². The van der Waals surface area contributed by atoms with Gasteiger partial charge in [-0.05, 0) is 27.9 Å². The van der Waals surface area contributed by atoms with Crippen molar-refractivity contribution in [2.45, 2.75) is 13.3 Å². The van der Waals surface area contributed by atoms with Gasteiger partial charge in [-0.25, -0.2) is 9.67 Å². The molecule has 0 aliphatic heterocycles. The van der Waals surface area contributed by atoms with Gasteiger partial charge in [-0.15, -0.1) is 0 Å². The minimum Gasteiger partial charge on any atom is -0.243 e. The summed E-state index contributed by atoms with van der Waals surface area (Å²) < 4.78 is 2.48. The number of hydrogen-bond acceptors (Lipinski definition) is 2. The lowest BCUT2D eigenvalue weighted by molar-refractivity contribution is 0.747. The van der Waals surface area contributed by atoms with Crippen LogP contribution in [0.15, 0.2) is 29.0 Å². The van der Waals surface area contributed by atoms with Crippen LogP contribution in [0.3, 0.4) is 0 Å². The third-order valence-corrected chi connectivity index (χ3v) is 3.04. The molecule has 0 aliphatic carbocycles. The molecule has 0 saturated carbocycles. The number of nitrogens with zero attached hydrogens (tertiary/aromatic N) is 3. The van der Waals surface area contributed by atoms with Crippen molar-refractivity contribution in [1.29, 1.82) is 0 Å². The van der Waals surface area contributed by atoms with Crippen LogP contribution in [-0.4, -0.2) is 14.8 Å². The quantitative estimate of drug-likeness (QED) is 0.836. The van der Waals surface area contributed by atoms with E-state index in [2.05, 4.69) is 45.1 Å². The highest BCUT2D eigenvalue weighted by Gasteiger charge is 2.09. The molecule has 2 rings (SSSR count). The van der Waals surface area contributed by atoms with Crippen LogP contribution in [0.5, 0.6) is 0 Å². The average molecular weight is 266 g/mol. The highest BCUT2D eigenvalue weighted by molar-refractivity contribution is 9.10. The molecule has 0 aliphatic rings. The van der Waals surface area contributed by atoms with Crippen LogP contribution in [-0.2, 0) is 13.5 Å². The van der Waals surface area contributed by atoms with Crippen LogP contribution < -0.4 is 0 Å². The summed E-state index contributed by atoms with van der Waals surface area (Å²) in [5.74, 6) is 0.779. The summed E-state index contributed by atoms with van der Waals surface area (Å²) in [5, 5.41) is 4.35. The minimum absolute atomic E-state index is 0.753. The van der Waals surface area contributed by atoms with E-state index < -0.39 is 0 Å². The minimum atomic E-state index is 0.753. The molecule has 1 heterocycles. The summed E-state index contributed by atoms with van der Waals surface area (Å²) in [5.41, 5.74) is 2.39. The predicted octanol–water partition coefficient (Wildman–Crippen LogP) is 2.81. The third kappa shape index (κ3) is 1.95. The maximum Gasteiger partial charge on any atom is 0.195 e. The number of benzene rings is 1. The lowest BCUT2D eigenvalue weighted by atomic mass is 10.1. The van der Waals surface area contributed by atoms with Crippen molar-refractivity contribution in [3.8, 4) is 11.4 Å². The van der Waals surface area contributed by atoms with Crippen LogP contribution >= 0.6 is 15.9 Å². The highest BCUT2D eigenvalue weighted by atomic mass is 79.9. The molecule has 0 bridgehead atoms. The highest BCUT2D eigenvalue weighted by Crippen LogP contribution is 2.22. The molecule has 2 aromatic rings. The van der Waals surface area contributed by atoms with E-state index in [0.29, 0.717) is 0 Å². The molecule has 4 heteroatoms. The molecule has 0 N–H and O–H groups in total. The van der Waals surface area contributed by atoms with E-state index in [1.165, 1.54) is 5.56 Å². The van der Waals surface area contributed by atoms with Gasteiger partial charge in [0.1, 0.15) is 0 Å². The number of hydrogen-bond donors (Lipinski definition) is 0. The molecule has 0 radical (unpaired) electrons. The van der Waals surface area contributed by atoms with Crippen LogP contribution in [0.1, 0.15) is 12.5 Å². The van der Waals surface area contributed by atoms with Gasteiger partial charge >= 0.3 is 0 Å². The van der Waals surface area contributed by atoms with Gasteiger partial charge in [0.25, 0.3) is 0 Å². The molecule has 15 heavy (non-hydrogen) atoms. The fourth-order valence-corrected chi connectivity index (χ4v) is 1.77. The molecule has 1 aromatic carbocycles. The van der Waals surface area contributed by atoms with Crippen LogP contribution in [0.4, 0.5) is 0 Å². The van der Waals surface area contributed by atoms with E-state index in [9.17, 15) is 0 Å². The summed E-state index contributed by atoms with van der Waals surface area (Å²) in [7, 11) is 1.87. The Balaban J connectivity index is 2.53. The molecule has 0 fully saturated rings. The standard InChI is InChI=1S/C11H12BrN3/c1-3-8-6-4-5-7-9(8)10-13-11(12)15(2)14-10/h4-7H,3H2,1-2H3. The Kier molecular flexibility index (Phi) is 2.86. The monoisotopic (exact) mass is 265 g/mol. The SMILES string of the molecule is CCc1ccccc1-c1nc(Br)n(C)n1. The van der Waals surface area contributed by atoms with Gasteiger partial charge in [0, 0.05) is 12.6 Å². The second kappa shape index (κ2) is 4.14. The lowest BCUT2D eigenvalue weighted by Gasteiger charge is -2.02. The average Bonchev–Trinajstić information content (AvgIpc) is 2.59. The molecule has 0 atom stereocenters. The number of aryl methyl sites for hydroxylation is 2. The van der Waals surface area contributed by atoms with Gasteiger partial charge in [0.15, 0.2) is 10.6 Å². The van der Waals surface area contributed by atoms with Crippen molar-refractivity contribution in [1.82, 2.24) is 14.8 Å². The third-order valence-electron chi connectivity index (χ3n) is 2.35. The fraction of sp³-hybridized carbons (Fsp3) is 0.273. The first-order chi connectivity index (χ1) is 7.22. The molecule has 0 unspecified atom stereocenters. The van der Waals surface area contributed by atoms with Crippen molar-refractivity contribution in [3.63, 3.8) is 0 Å². The topological polar surface area (TPSA) is 30.7 Å². The van der Waals surface area contributed by atoms with Crippen LogP contribution in [0.2, 0.25) is 0 Å². The predicted molar refractivity (Wildman–Crippen MR) is 63.5 cm³/mol. The Morgan fingerprint density at radius 1 is 1.33 bits per heavy atom. The number of halogens is 1. The van der Waals surface area contributed by atoms with Gasteiger partial charge in [0.2, 0.25) is 0 Å². The molecular formula is C11H12BrN3. The fourth-order valence-electron chi connectivity index (χ4n) is 1.53. The maximum absolute atomic E-state index is 4.36.